The van der Waals surface area contributed by atoms with E-state index in [2.05, 4.69) is 52.0 Å². The largest absolute Gasteiger partial charge is 0.0801 e. The van der Waals surface area contributed by atoms with Crippen LogP contribution in [-0.4, -0.2) is 0 Å². The van der Waals surface area contributed by atoms with Gasteiger partial charge in [-0.15, -0.1) is 0 Å². The van der Waals surface area contributed by atoms with E-state index in [1.54, 1.807) is 11.1 Å². The van der Waals surface area contributed by atoms with E-state index < -0.39 is 0 Å². The Morgan fingerprint density at radius 1 is 1.06 bits per heavy atom. The second-order valence-electron chi connectivity index (χ2n) is 6.06. The van der Waals surface area contributed by atoms with Gasteiger partial charge >= 0.3 is 0 Å². The molecule has 0 atom stereocenters. The molecule has 17 heavy (non-hydrogen) atoms. The van der Waals surface area contributed by atoms with Crippen LogP contribution in [0.15, 0.2) is 46.6 Å². The molecule has 0 heteroatoms. The summed E-state index contributed by atoms with van der Waals surface area (Å²) in [6.07, 6.45) is 12.9. The maximum atomic E-state index is 2.43. The van der Waals surface area contributed by atoms with Crippen molar-refractivity contribution < 1.29 is 0 Å². The fourth-order valence-corrected chi connectivity index (χ4v) is 2.72. The third-order valence-corrected chi connectivity index (χ3v) is 3.35. The fraction of sp³-hybridized carbons (Fsp3) is 0.529. The summed E-state index contributed by atoms with van der Waals surface area (Å²) in [5.74, 6) is 1.48. The number of hydrogen-bond acceptors (Lipinski definition) is 0. The highest BCUT2D eigenvalue weighted by Crippen LogP contribution is 2.39. The summed E-state index contributed by atoms with van der Waals surface area (Å²) in [5.41, 5.74) is 6.16. The van der Waals surface area contributed by atoms with Gasteiger partial charge in [0.2, 0.25) is 0 Å². The lowest BCUT2D eigenvalue weighted by molar-refractivity contribution is 0.612. The molecular weight excluding hydrogens is 204 g/mol. The van der Waals surface area contributed by atoms with Gasteiger partial charge in [-0.2, -0.15) is 0 Å². The first-order chi connectivity index (χ1) is 8.08. The highest BCUT2D eigenvalue weighted by molar-refractivity contribution is 5.64. The Balaban J connectivity index is 2.32. The van der Waals surface area contributed by atoms with Crippen LogP contribution < -0.4 is 0 Å². The van der Waals surface area contributed by atoms with E-state index in [1.807, 2.05) is 0 Å². The molecule has 0 heterocycles. The molecule has 0 radical (unpaired) electrons. The fourth-order valence-electron chi connectivity index (χ4n) is 2.72. The Morgan fingerprint density at radius 2 is 1.76 bits per heavy atom. The van der Waals surface area contributed by atoms with Crippen molar-refractivity contribution in [3.63, 3.8) is 0 Å². The number of fused-ring (bicyclic) bond motifs is 1. The number of rotatable bonds is 4. The Labute approximate surface area is 106 Å². The van der Waals surface area contributed by atoms with E-state index in [0.29, 0.717) is 0 Å². The lowest BCUT2D eigenvalue weighted by atomic mass is 9.90. The first kappa shape index (κ1) is 12.4. The summed E-state index contributed by atoms with van der Waals surface area (Å²) in [4.78, 5) is 0. The van der Waals surface area contributed by atoms with E-state index in [-0.39, 0.29) is 0 Å². The van der Waals surface area contributed by atoms with Crippen LogP contribution in [0.5, 0.6) is 0 Å². The van der Waals surface area contributed by atoms with Crippen molar-refractivity contribution >= 4 is 0 Å². The summed E-state index contributed by atoms with van der Waals surface area (Å²) >= 11 is 0. The molecule has 0 unspecified atom stereocenters. The summed E-state index contributed by atoms with van der Waals surface area (Å²) in [6.45, 7) is 9.25. The molecular formula is C17H24. The minimum Gasteiger partial charge on any atom is -0.0801 e. The lowest BCUT2D eigenvalue weighted by Crippen LogP contribution is -1.99. The molecule has 0 aromatic rings. The van der Waals surface area contributed by atoms with Crippen LogP contribution in [0.25, 0.3) is 0 Å². The zero-order chi connectivity index (χ0) is 12.4. The van der Waals surface area contributed by atoms with Crippen molar-refractivity contribution in [3.05, 3.63) is 46.6 Å². The summed E-state index contributed by atoms with van der Waals surface area (Å²) in [5, 5.41) is 0. The predicted molar refractivity (Wildman–Crippen MR) is 75.9 cm³/mol. The van der Waals surface area contributed by atoms with E-state index in [0.717, 1.165) is 18.3 Å². The molecule has 0 amide bonds. The van der Waals surface area contributed by atoms with Crippen LogP contribution in [0.4, 0.5) is 0 Å². The SMILES string of the molecule is CC(C)CC1=CC2=CCC=CC2=C1CC(C)C. The topological polar surface area (TPSA) is 0 Å². The van der Waals surface area contributed by atoms with Crippen LogP contribution in [0.2, 0.25) is 0 Å². The zero-order valence-electron chi connectivity index (χ0n) is 11.6. The van der Waals surface area contributed by atoms with Crippen molar-refractivity contribution in [1.29, 1.82) is 0 Å². The second kappa shape index (κ2) is 5.08. The molecule has 0 aromatic carbocycles. The quantitative estimate of drug-likeness (QED) is 0.620. The smallest absolute Gasteiger partial charge is 0.0155 e. The Hall–Kier alpha value is -1.04. The van der Waals surface area contributed by atoms with Gasteiger partial charge in [0.05, 0.1) is 0 Å². The summed E-state index contributed by atoms with van der Waals surface area (Å²) in [7, 11) is 0. The number of hydrogen-bond donors (Lipinski definition) is 0. The summed E-state index contributed by atoms with van der Waals surface area (Å²) < 4.78 is 0. The molecule has 0 fully saturated rings. The molecule has 0 N–H and O–H groups in total. The van der Waals surface area contributed by atoms with Crippen LogP contribution >= 0.6 is 0 Å². The molecule has 0 nitrogen and oxygen atoms in total. The third kappa shape index (κ3) is 2.80. The molecule has 0 saturated carbocycles. The van der Waals surface area contributed by atoms with E-state index in [9.17, 15) is 0 Å². The van der Waals surface area contributed by atoms with Crippen molar-refractivity contribution in [2.75, 3.05) is 0 Å². The normalized spacial score (nSPS) is 18.9. The minimum absolute atomic E-state index is 0.739. The standard InChI is InChI=1S/C17H24/c1-12(2)9-15-11-14-7-5-6-8-16(14)17(15)10-13(3)4/h6-8,11-13H,5,9-10H2,1-4H3. The zero-order valence-corrected chi connectivity index (χ0v) is 11.6. The molecule has 2 aliphatic rings. The van der Waals surface area contributed by atoms with Crippen molar-refractivity contribution in [3.8, 4) is 0 Å². The monoisotopic (exact) mass is 228 g/mol. The van der Waals surface area contributed by atoms with Gasteiger partial charge in [-0.25, -0.2) is 0 Å². The van der Waals surface area contributed by atoms with Gasteiger partial charge in [0.15, 0.2) is 0 Å². The molecule has 0 aromatic heterocycles. The molecule has 92 valence electrons. The maximum absolute atomic E-state index is 2.43. The Morgan fingerprint density at radius 3 is 2.41 bits per heavy atom. The first-order valence-electron chi connectivity index (χ1n) is 6.89. The van der Waals surface area contributed by atoms with E-state index in [1.165, 1.54) is 24.0 Å². The van der Waals surface area contributed by atoms with Crippen molar-refractivity contribution in [2.24, 2.45) is 11.8 Å². The van der Waals surface area contributed by atoms with Crippen molar-refractivity contribution in [2.45, 2.75) is 47.0 Å². The lowest BCUT2D eigenvalue weighted by Gasteiger charge is -2.15. The van der Waals surface area contributed by atoms with Crippen LogP contribution in [0.1, 0.15) is 47.0 Å². The van der Waals surface area contributed by atoms with Gasteiger partial charge in [0, 0.05) is 0 Å². The number of allylic oxidation sites excluding steroid dienone is 8. The van der Waals surface area contributed by atoms with Gasteiger partial charge in [-0.1, -0.05) is 52.0 Å². The molecule has 0 saturated heterocycles. The van der Waals surface area contributed by atoms with Gasteiger partial charge in [-0.3, -0.25) is 0 Å². The third-order valence-electron chi connectivity index (χ3n) is 3.35. The van der Waals surface area contributed by atoms with Gasteiger partial charge < -0.3 is 0 Å². The maximum Gasteiger partial charge on any atom is -0.0155 e. The Bertz CT molecular complexity index is 411. The van der Waals surface area contributed by atoms with Gasteiger partial charge in [0.1, 0.15) is 0 Å². The van der Waals surface area contributed by atoms with Gasteiger partial charge in [0.25, 0.3) is 0 Å². The van der Waals surface area contributed by atoms with Gasteiger partial charge in [-0.05, 0) is 53.4 Å². The minimum atomic E-state index is 0.739. The molecule has 2 rings (SSSR count). The van der Waals surface area contributed by atoms with Crippen LogP contribution in [0.3, 0.4) is 0 Å². The molecule has 0 aliphatic heterocycles. The molecule has 0 spiro atoms. The highest BCUT2D eigenvalue weighted by atomic mass is 14.3. The highest BCUT2D eigenvalue weighted by Gasteiger charge is 2.22. The first-order valence-corrected chi connectivity index (χ1v) is 6.89. The average Bonchev–Trinajstić information content (AvgIpc) is 2.55. The average molecular weight is 228 g/mol. The van der Waals surface area contributed by atoms with Crippen molar-refractivity contribution in [1.82, 2.24) is 0 Å². The molecule has 0 bridgehead atoms. The van der Waals surface area contributed by atoms with Crippen LogP contribution in [-0.2, 0) is 0 Å². The predicted octanol–water partition coefficient (Wildman–Crippen LogP) is 5.20. The summed E-state index contributed by atoms with van der Waals surface area (Å²) in [6, 6.07) is 0. The second-order valence-corrected chi connectivity index (χ2v) is 6.06. The van der Waals surface area contributed by atoms with Crippen LogP contribution in [0, 0.1) is 11.8 Å². The Kier molecular flexibility index (Phi) is 3.71. The molecule has 2 aliphatic carbocycles. The van der Waals surface area contributed by atoms with E-state index >= 15 is 0 Å². The van der Waals surface area contributed by atoms with E-state index in [4.69, 9.17) is 0 Å².